The fourth-order valence-corrected chi connectivity index (χ4v) is 4.62. The van der Waals surface area contributed by atoms with Crippen LogP contribution in [0.15, 0.2) is 64.9 Å². The summed E-state index contributed by atoms with van der Waals surface area (Å²) in [6, 6.07) is 16.1. The second-order valence-electron chi connectivity index (χ2n) is 8.33. The molecule has 4 rings (SSSR count). The molecular weight excluding hydrogens is 400 g/mol. The van der Waals surface area contributed by atoms with E-state index < -0.39 is 0 Å². The number of aromatic nitrogens is 1. The third kappa shape index (κ3) is 4.33. The van der Waals surface area contributed by atoms with Crippen molar-refractivity contribution >= 4 is 22.4 Å². The largest absolute Gasteiger partial charge is 0.512 e. The van der Waals surface area contributed by atoms with Gasteiger partial charge in [-0.15, -0.1) is 0 Å². The lowest BCUT2D eigenvalue weighted by atomic mass is 9.79. The monoisotopic (exact) mass is 430 g/mol. The molecule has 1 fully saturated rings. The first-order chi connectivity index (χ1) is 15.5. The summed E-state index contributed by atoms with van der Waals surface area (Å²) in [5.41, 5.74) is 5.69. The lowest BCUT2D eigenvalue weighted by Crippen LogP contribution is -2.27. The number of carbonyl (C=O) groups is 1. The van der Waals surface area contributed by atoms with Crippen LogP contribution in [0.25, 0.3) is 10.9 Å². The number of hydrogen-bond acceptors (Lipinski definition) is 4. The summed E-state index contributed by atoms with van der Waals surface area (Å²) < 4.78 is 5.39. The van der Waals surface area contributed by atoms with Gasteiger partial charge in [0, 0.05) is 41.7 Å². The number of nitrogens with one attached hydrogen (secondary N) is 1. The average molecular weight is 431 g/mol. The molecule has 3 aromatic rings. The molecule has 1 saturated carbocycles. The van der Waals surface area contributed by atoms with Crippen LogP contribution in [0.2, 0.25) is 0 Å². The molecule has 1 aliphatic carbocycles. The number of nitrogens with zero attached hydrogens (tertiary/aromatic N) is 1. The highest BCUT2D eigenvalue weighted by Gasteiger charge is 2.31. The molecule has 0 saturated heterocycles. The molecule has 5 nitrogen and oxygen atoms in total. The number of fused-ring (bicyclic) bond motifs is 1. The van der Waals surface area contributed by atoms with Crippen LogP contribution in [-0.2, 0) is 11.2 Å². The molecule has 0 bridgehead atoms. The van der Waals surface area contributed by atoms with E-state index in [0.717, 1.165) is 40.0 Å². The minimum Gasteiger partial charge on any atom is -0.512 e. The molecule has 1 heterocycles. The van der Waals surface area contributed by atoms with Gasteiger partial charge in [-0.1, -0.05) is 37.3 Å². The van der Waals surface area contributed by atoms with E-state index in [0.29, 0.717) is 31.4 Å². The van der Waals surface area contributed by atoms with Crippen LogP contribution in [0, 0.1) is 6.92 Å². The van der Waals surface area contributed by atoms with Crippen molar-refractivity contribution in [3.8, 4) is 5.75 Å². The summed E-state index contributed by atoms with van der Waals surface area (Å²) in [4.78, 5) is 21.3. The van der Waals surface area contributed by atoms with Crippen molar-refractivity contribution in [2.45, 2.75) is 45.4 Å². The number of aliphatic hydroxyl groups is 1. The number of H-pyrrole nitrogens is 1. The van der Waals surface area contributed by atoms with E-state index in [1.54, 1.807) is 7.11 Å². The second kappa shape index (κ2) is 9.43. The van der Waals surface area contributed by atoms with Gasteiger partial charge in [0.2, 0.25) is 0 Å². The predicted molar refractivity (Wildman–Crippen MR) is 129 cm³/mol. The van der Waals surface area contributed by atoms with Gasteiger partial charge in [-0.25, -0.2) is 0 Å². The zero-order valence-corrected chi connectivity index (χ0v) is 18.9. The molecule has 0 radical (unpaired) electrons. The molecule has 1 aromatic heterocycles. The molecule has 5 heteroatoms. The summed E-state index contributed by atoms with van der Waals surface area (Å²) in [5, 5.41) is 11.6. The molecule has 1 aliphatic rings. The minimum absolute atomic E-state index is 0.0174. The molecule has 0 spiro atoms. The van der Waals surface area contributed by atoms with Gasteiger partial charge in [0.05, 0.1) is 12.7 Å². The van der Waals surface area contributed by atoms with Crippen molar-refractivity contribution in [3.05, 3.63) is 76.7 Å². The molecule has 1 atom stereocenters. The maximum atomic E-state index is 13.0. The Morgan fingerprint density at radius 2 is 1.97 bits per heavy atom. The van der Waals surface area contributed by atoms with Gasteiger partial charge in [-0.05, 0) is 55.0 Å². The first kappa shape index (κ1) is 21.9. The molecule has 0 aliphatic heterocycles. The Hall–Kier alpha value is -3.34. The number of ketones is 1. The van der Waals surface area contributed by atoms with Crippen molar-refractivity contribution < 1.29 is 14.6 Å². The van der Waals surface area contributed by atoms with Crippen LogP contribution in [0.5, 0.6) is 5.75 Å². The van der Waals surface area contributed by atoms with Gasteiger partial charge in [0.1, 0.15) is 11.5 Å². The van der Waals surface area contributed by atoms with Crippen molar-refractivity contribution in [3.63, 3.8) is 0 Å². The van der Waals surface area contributed by atoms with Gasteiger partial charge < -0.3 is 14.8 Å². The second-order valence-corrected chi connectivity index (χ2v) is 8.33. The Kier molecular flexibility index (Phi) is 6.45. The number of ether oxygens (including phenoxy) is 1. The van der Waals surface area contributed by atoms with Crippen molar-refractivity contribution in [2.24, 2.45) is 4.99 Å². The molecule has 166 valence electrons. The molecule has 2 N–H and O–H groups in total. The molecule has 32 heavy (non-hydrogen) atoms. The van der Waals surface area contributed by atoms with E-state index in [1.807, 2.05) is 43.3 Å². The maximum Gasteiger partial charge on any atom is 0.168 e. The number of carbonyl (C=O) groups excluding carboxylic acids is 1. The van der Waals surface area contributed by atoms with Crippen molar-refractivity contribution in [1.82, 2.24) is 4.98 Å². The number of aromatic amines is 1. The summed E-state index contributed by atoms with van der Waals surface area (Å²) >= 11 is 0. The quantitative estimate of drug-likeness (QED) is 0.381. The summed E-state index contributed by atoms with van der Waals surface area (Å²) in [6.07, 6.45) is 2.24. The highest BCUT2D eigenvalue weighted by Crippen LogP contribution is 2.34. The third-order valence-electron chi connectivity index (χ3n) is 6.32. The topological polar surface area (TPSA) is 74.7 Å². The van der Waals surface area contributed by atoms with Crippen molar-refractivity contribution in [2.75, 3.05) is 13.7 Å². The fraction of sp³-hybridized carbons (Fsp3) is 0.333. The van der Waals surface area contributed by atoms with Gasteiger partial charge >= 0.3 is 0 Å². The number of allylic oxidation sites excluding steroid dienone is 2. The Labute approximate surface area is 188 Å². The fourth-order valence-electron chi connectivity index (χ4n) is 4.62. The van der Waals surface area contributed by atoms with Gasteiger partial charge in [-0.2, -0.15) is 0 Å². The SMILES string of the molecule is CC/C(O)=C1\C(=O)CC(c2ccccc2)CC1=NCCc1c(C)[nH]c2ccc(OC)cc12. The van der Waals surface area contributed by atoms with Crippen molar-refractivity contribution in [1.29, 1.82) is 0 Å². The van der Waals surface area contributed by atoms with Crippen LogP contribution < -0.4 is 4.74 Å². The number of methoxy groups -OCH3 is 1. The van der Waals surface area contributed by atoms with E-state index in [2.05, 4.69) is 24.0 Å². The number of benzene rings is 2. The van der Waals surface area contributed by atoms with E-state index in [-0.39, 0.29) is 17.5 Å². The first-order valence-corrected chi connectivity index (χ1v) is 11.2. The summed E-state index contributed by atoms with van der Waals surface area (Å²) in [5.74, 6) is 1.05. The Morgan fingerprint density at radius 1 is 1.19 bits per heavy atom. The van der Waals surface area contributed by atoms with Crippen LogP contribution in [0.3, 0.4) is 0 Å². The smallest absolute Gasteiger partial charge is 0.168 e. The van der Waals surface area contributed by atoms with Gasteiger partial charge in [0.25, 0.3) is 0 Å². The highest BCUT2D eigenvalue weighted by molar-refractivity contribution is 6.24. The molecular formula is C27H30N2O3. The minimum atomic E-state index is -0.0174. The van der Waals surface area contributed by atoms with E-state index in [9.17, 15) is 9.90 Å². The number of aliphatic imine (C=N–C) groups is 1. The van der Waals surface area contributed by atoms with E-state index in [4.69, 9.17) is 9.73 Å². The number of aliphatic hydroxyl groups excluding tert-OH is 1. The standard InChI is InChI=1S/C27H30N2O3/c1-4-25(30)27-24(14-19(15-26(27)31)18-8-6-5-7-9-18)28-13-12-21-17(2)29-23-11-10-20(32-3)16-22(21)23/h5-11,16,19,29-30H,4,12-15H2,1-3H3/b27-25+,28-24?. The van der Waals surface area contributed by atoms with Gasteiger partial charge in [-0.3, -0.25) is 9.79 Å². The number of hydrogen-bond donors (Lipinski definition) is 2. The van der Waals surface area contributed by atoms with Crippen LogP contribution in [0.1, 0.15) is 48.9 Å². The number of aryl methyl sites for hydroxylation is 1. The van der Waals surface area contributed by atoms with Crippen LogP contribution >= 0.6 is 0 Å². The predicted octanol–water partition coefficient (Wildman–Crippen LogP) is 5.84. The van der Waals surface area contributed by atoms with E-state index in [1.165, 1.54) is 5.56 Å². The first-order valence-electron chi connectivity index (χ1n) is 11.2. The average Bonchev–Trinajstić information content (AvgIpc) is 3.13. The maximum absolute atomic E-state index is 13.0. The summed E-state index contributed by atoms with van der Waals surface area (Å²) in [6.45, 7) is 4.48. The Balaban J connectivity index is 1.62. The zero-order chi connectivity index (χ0) is 22.7. The van der Waals surface area contributed by atoms with Gasteiger partial charge in [0.15, 0.2) is 5.78 Å². The third-order valence-corrected chi connectivity index (χ3v) is 6.32. The summed E-state index contributed by atoms with van der Waals surface area (Å²) in [7, 11) is 1.67. The zero-order valence-electron chi connectivity index (χ0n) is 18.9. The van der Waals surface area contributed by atoms with Crippen LogP contribution in [0.4, 0.5) is 0 Å². The highest BCUT2D eigenvalue weighted by atomic mass is 16.5. The lowest BCUT2D eigenvalue weighted by molar-refractivity contribution is -0.115. The number of rotatable bonds is 6. The normalized spacial score (nSPS) is 19.5. The Bertz CT molecular complexity index is 1190. The molecule has 1 unspecified atom stereocenters. The van der Waals surface area contributed by atoms with E-state index >= 15 is 0 Å². The lowest BCUT2D eigenvalue weighted by Gasteiger charge is -2.26. The Morgan fingerprint density at radius 3 is 2.69 bits per heavy atom. The van der Waals surface area contributed by atoms with Crippen LogP contribution in [-0.4, -0.2) is 35.2 Å². The number of Topliss-reactive ketones (excluding diaryl/α,β-unsaturated/α-hetero) is 1. The molecule has 0 amide bonds. The molecule has 2 aromatic carbocycles.